The summed E-state index contributed by atoms with van der Waals surface area (Å²) < 4.78 is 0. The van der Waals surface area contributed by atoms with Crippen LogP contribution in [0.4, 0.5) is 0 Å². The lowest BCUT2D eigenvalue weighted by molar-refractivity contribution is 0.164. The molecule has 106 valence electrons. The van der Waals surface area contributed by atoms with Crippen LogP contribution in [-0.2, 0) is 13.0 Å². The highest BCUT2D eigenvalue weighted by Crippen LogP contribution is 2.22. The molecule has 5 nitrogen and oxygen atoms in total. The van der Waals surface area contributed by atoms with Crippen molar-refractivity contribution in [2.75, 3.05) is 13.1 Å². The smallest absolute Gasteiger partial charge is 0.0726 e. The number of aryl methyl sites for hydroxylation is 1. The average molecular weight is 271 g/mol. The van der Waals surface area contributed by atoms with E-state index in [1.807, 2.05) is 12.4 Å². The van der Waals surface area contributed by atoms with Crippen molar-refractivity contribution >= 4 is 0 Å². The van der Waals surface area contributed by atoms with E-state index >= 15 is 0 Å². The Morgan fingerprint density at radius 2 is 2.30 bits per heavy atom. The van der Waals surface area contributed by atoms with Gasteiger partial charge in [-0.3, -0.25) is 20.0 Å². The summed E-state index contributed by atoms with van der Waals surface area (Å²) in [6.45, 7) is 5.33. The van der Waals surface area contributed by atoms with Crippen LogP contribution in [0.5, 0.6) is 0 Å². The maximum Gasteiger partial charge on any atom is 0.0726 e. The molecular weight excluding hydrogens is 250 g/mol. The second-order valence-electron chi connectivity index (χ2n) is 5.68. The molecule has 0 spiro atoms. The van der Waals surface area contributed by atoms with Gasteiger partial charge in [-0.05, 0) is 44.2 Å². The minimum Gasteiger partial charge on any atom is -0.297 e. The van der Waals surface area contributed by atoms with Gasteiger partial charge in [0.05, 0.1) is 11.9 Å². The SMILES string of the molecule is Cc1cn[nH]c1C[C@@H]1CCCN(Cc2cnccn2)C1. The monoisotopic (exact) mass is 271 g/mol. The van der Waals surface area contributed by atoms with Crippen molar-refractivity contribution in [3.63, 3.8) is 0 Å². The second kappa shape index (κ2) is 6.13. The van der Waals surface area contributed by atoms with E-state index in [2.05, 4.69) is 32.0 Å². The first-order valence-corrected chi connectivity index (χ1v) is 7.27. The number of H-pyrrole nitrogens is 1. The van der Waals surface area contributed by atoms with Crippen molar-refractivity contribution < 1.29 is 0 Å². The van der Waals surface area contributed by atoms with E-state index in [1.54, 1.807) is 12.4 Å². The fourth-order valence-electron chi connectivity index (χ4n) is 2.97. The summed E-state index contributed by atoms with van der Waals surface area (Å²) in [5.41, 5.74) is 3.62. The molecule has 1 N–H and O–H groups in total. The Morgan fingerprint density at radius 3 is 3.05 bits per heavy atom. The third-order valence-corrected chi connectivity index (χ3v) is 4.03. The van der Waals surface area contributed by atoms with Gasteiger partial charge in [0, 0.05) is 37.4 Å². The Labute approximate surface area is 119 Å². The number of aromatic nitrogens is 4. The standard InChI is InChI=1S/C15H21N5/c1-12-8-18-19-15(12)7-13-3-2-6-20(10-13)11-14-9-16-4-5-17-14/h4-5,8-9,13H,2-3,6-7,10-11H2,1H3,(H,18,19)/t13-/m0/s1. The van der Waals surface area contributed by atoms with Gasteiger partial charge in [0.1, 0.15) is 0 Å². The fraction of sp³-hybridized carbons (Fsp3) is 0.533. The first-order valence-electron chi connectivity index (χ1n) is 7.27. The predicted molar refractivity (Wildman–Crippen MR) is 77.1 cm³/mol. The van der Waals surface area contributed by atoms with E-state index in [9.17, 15) is 0 Å². The summed E-state index contributed by atoms with van der Waals surface area (Å²) in [5, 5.41) is 7.24. The Morgan fingerprint density at radius 1 is 1.35 bits per heavy atom. The zero-order valence-corrected chi connectivity index (χ0v) is 11.9. The molecule has 0 amide bonds. The molecule has 1 aliphatic rings. The maximum atomic E-state index is 4.37. The van der Waals surface area contributed by atoms with Crippen molar-refractivity contribution in [2.45, 2.75) is 32.7 Å². The normalized spacial score (nSPS) is 20.1. The molecule has 2 aromatic rings. The molecule has 0 saturated carbocycles. The van der Waals surface area contributed by atoms with Crippen molar-refractivity contribution in [1.82, 2.24) is 25.1 Å². The van der Waals surface area contributed by atoms with E-state index in [-0.39, 0.29) is 0 Å². The van der Waals surface area contributed by atoms with Crippen LogP contribution in [-0.4, -0.2) is 38.2 Å². The van der Waals surface area contributed by atoms with Gasteiger partial charge in [-0.2, -0.15) is 5.10 Å². The summed E-state index contributed by atoms with van der Waals surface area (Å²) in [6, 6.07) is 0. The number of nitrogens with zero attached hydrogens (tertiary/aromatic N) is 4. The number of hydrogen-bond donors (Lipinski definition) is 1. The summed E-state index contributed by atoms with van der Waals surface area (Å²) >= 11 is 0. The lowest BCUT2D eigenvalue weighted by Gasteiger charge is -2.32. The molecule has 5 heteroatoms. The lowest BCUT2D eigenvalue weighted by Crippen LogP contribution is -2.36. The molecule has 3 rings (SSSR count). The van der Waals surface area contributed by atoms with Gasteiger partial charge in [-0.25, -0.2) is 0 Å². The largest absolute Gasteiger partial charge is 0.297 e. The number of piperidine rings is 1. The van der Waals surface area contributed by atoms with E-state index in [1.165, 1.54) is 24.1 Å². The molecular formula is C15H21N5. The number of rotatable bonds is 4. The van der Waals surface area contributed by atoms with E-state index in [0.29, 0.717) is 5.92 Å². The molecule has 0 aromatic carbocycles. The molecule has 0 unspecified atom stereocenters. The Balaban J connectivity index is 1.58. The Bertz CT molecular complexity index is 536. The van der Waals surface area contributed by atoms with Gasteiger partial charge in [0.15, 0.2) is 0 Å². The summed E-state index contributed by atoms with van der Waals surface area (Å²) in [7, 11) is 0. The number of nitrogens with one attached hydrogen (secondary N) is 1. The maximum absolute atomic E-state index is 4.37. The highest BCUT2D eigenvalue weighted by Gasteiger charge is 2.21. The van der Waals surface area contributed by atoms with Crippen LogP contribution in [0.3, 0.4) is 0 Å². The molecule has 0 bridgehead atoms. The highest BCUT2D eigenvalue weighted by atomic mass is 15.1. The molecule has 2 aromatic heterocycles. The fourth-order valence-corrected chi connectivity index (χ4v) is 2.97. The zero-order valence-electron chi connectivity index (χ0n) is 11.9. The Kier molecular flexibility index (Phi) is 4.06. The van der Waals surface area contributed by atoms with Crippen molar-refractivity contribution in [1.29, 1.82) is 0 Å². The first kappa shape index (κ1) is 13.2. The number of likely N-dealkylation sites (tertiary alicyclic amines) is 1. The van der Waals surface area contributed by atoms with Crippen LogP contribution < -0.4 is 0 Å². The van der Waals surface area contributed by atoms with Crippen molar-refractivity contribution in [2.24, 2.45) is 5.92 Å². The van der Waals surface area contributed by atoms with E-state index in [0.717, 1.165) is 31.7 Å². The predicted octanol–water partition coefficient (Wildman–Crippen LogP) is 1.96. The topological polar surface area (TPSA) is 57.7 Å². The summed E-state index contributed by atoms with van der Waals surface area (Å²) in [5.74, 6) is 0.708. The zero-order chi connectivity index (χ0) is 13.8. The van der Waals surface area contributed by atoms with Crippen LogP contribution >= 0.6 is 0 Å². The van der Waals surface area contributed by atoms with E-state index in [4.69, 9.17) is 0 Å². The summed E-state index contributed by atoms with van der Waals surface area (Å²) in [4.78, 5) is 11.0. The van der Waals surface area contributed by atoms with Crippen LogP contribution in [0.1, 0.15) is 29.8 Å². The quantitative estimate of drug-likeness (QED) is 0.923. The van der Waals surface area contributed by atoms with Crippen LogP contribution in [0.25, 0.3) is 0 Å². The van der Waals surface area contributed by atoms with Crippen LogP contribution in [0.2, 0.25) is 0 Å². The summed E-state index contributed by atoms with van der Waals surface area (Å²) in [6.07, 6.45) is 10.9. The van der Waals surface area contributed by atoms with Gasteiger partial charge in [0.2, 0.25) is 0 Å². The molecule has 20 heavy (non-hydrogen) atoms. The van der Waals surface area contributed by atoms with Crippen molar-refractivity contribution in [3.05, 3.63) is 41.7 Å². The van der Waals surface area contributed by atoms with E-state index < -0.39 is 0 Å². The Hall–Kier alpha value is -1.75. The molecule has 1 aliphatic heterocycles. The minimum atomic E-state index is 0.708. The third kappa shape index (κ3) is 3.22. The highest BCUT2D eigenvalue weighted by molar-refractivity contribution is 5.14. The molecule has 1 saturated heterocycles. The van der Waals surface area contributed by atoms with Crippen LogP contribution in [0.15, 0.2) is 24.8 Å². The average Bonchev–Trinajstić information content (AvgIpc) is 2.86. The lowest BCUT2D eigenvalue weighted by atomic mass is 9.92. The molecule has 1 atom stereocenters. The number of hydrogen-bond acceptors (Lipinski definition) is 4. The minimum absolute atomic E-state index is 0.708. The van der Waals surface area contributed by atoms with Gasteiger partial charge >= 0.3 is 0 Å². The number of aromatic amines is 1. The molecule has 3 heterocycles. The van der Waals surface area contributed by atoms with Crippen molar-refractivity contribution in [3.8, 4) is 0 Å². The molecule has 0 aliphatic carbocycles. The second-order valence-corrected chi connectivity index (χ2v) is 5.68. The molecule has 0 radical (unpaired) electrons. The molecule has 1 fully saturated rings. The first-order chi connectivity index (χ1) is 9.81. The van der Waals surface area contributed by atoms with Gasteiger partial charge in [-0.1, -0.05) is 0 Å². The van der Waals surface area contributed by atoms with Crippen LogP contribution in [0, 0.1) is 12.8 Å². The third-order valence-electron chi connectivity index (χ3n) is 4.03. The van der Waals surface area contributed by atoms with Gasteiger partial charge < -0.3 is 0 Å². The van der Waals surface area contributed by atoms with Gasteiger partial charge in [-0.15, -0.1) is 0 Å². The van der Waals surface area contributed by atoms with Gasteiger partial charge in [0.25, 0.3) is 0 Å².